The maximum absolute atomic E-state index is 13.4. The van der Waals surface area contributed by atoms with E-state index in [1.807, 2.05) is 0 Å². The molecular weight excluding hydrogens is 315 g/mol. The fourth-order valence-corrected chi connectivity index (χ4v) is 2.86. The van der Waals surface area contributed by atoms with E-state index in [4.69, 9.17) is 5.73 Å². The minimum atomic E-state index is -0.568. The Balaban J connectivity index is 2.05. The number of pyridine rings is 1. The first-order valence-electron chi connectivity index (χ1n) is 6.51. The second-order valence-electron chi connectivity index (χ2n) is 4.62. The van der Waals surface area contributed by atoms with Gasteiger partial charge in [-0.05, 0) is 24.3 Å². The summed E-state index contributed by atoms with van der Waals surface area (Å²) < 4.78 is 13.4. The van der Waals surface area contributed by atoms with E-state index in [1.165, 1.54) is 18.3 Å². The molecule has 2 N–H and O–H groups in total. The molecule has 0 aliphatic carbocycles. The molecule has 0 aliphatic rings. The van der Waals surface area contributed by atoms with Gasteiger partial charge in [0.05, 0.1) is 11.3 Å². The molecule has 0 saturated carbocycles. The quantitative estimate of drug-likeness (QED) is 0.801. The van der Waals surface area contributed by atoms with Crippen molar-refractivity contribution >= 4 is 17.2 Å². The van der Waals surface area contributed by atoms with Crippen LogP contribution in [0.2, 0.25) is 0 Å². The Morgan fingerprint density at radius 3 is 2.74 bits per heavy atom. The Kier molecular flexibility index (Phi) is 3.83. The third-order valence-electron chi connectivity index (χ3n) is 3.09. The molecule has 0 radical (unpaired) electrons. The number of rotatable bonds is 3. The van der Waals surface area contributed by atoms with Crippen LogP contribution in [0.3, 0.4) is 0 Å². The van der Waals surface area contributed by atoms with E-state index < -0.39 is 11.7 Å². The Bertz CT molecular complexity index is 928. The lowest BCUT2D eigenvalue weighted by Gasteiger charge is -1.98. The second kappa shape index (κ2) is 5.94. The standard InChI is InChI=1S/C16H9FN4OS/c17-11-3-1-2-9(6-11)14-13(7-18)23-16(21-14)12-5-4-10(8-20-12)15(19)22/h1-6,8H,(H2,19,22). The van der Waals surface area contributed by atoms with Crippen LogP contribution >= 0.6 is 11.3 Å². The molecule has 0 unspecified atom stereocenters. The van der Waals surface area contributed by atoms with Gasteiger partial charge in [-0.3, -0.25) is 9.78 Å². The average molecular weight is 324 g/mol. The van der Waals surface area contributed by atoms with E-state index in [1.54, 1.807) is 24.3 Å². The fourth-order valence-electron chi connectivity index (χ4n) is 2.00. The summed E-state index contributed by atoms with van der Waals surface area (Å²) in [7, 11) is 0. The van der Waals surface area contributed by atoms with Crippen molar-refractivity contribution in [2.24, 2.45) is 5.73 Å². The van der Waals surface area contributed by atoms with Crippen molar-refractivity contribution in [1.29, 1.82) is 5.26 Å². The molecule has 3 rings (SSSR count). The van der Waals surface area contributed by atoms with Crippen molar-refractivity contribution < 1.29 is 9.18 Å². The third kappa shape index (κ3) is 2.93. The summed E-state index contributed by atoms with van der Waals surface area (Å²) in [5.74, 6) is -0.966. The molecule has 0 spiro atoms. The number of nitrogens with two attached hydrogens (primary N) is 1. The monoisotopic (exact) mass is 324 g/mol. The lowest BCUT2D eigenvalue weighted by atomic mass is 10.1. The highest BCUT2D eigenvalue weighted by Gasteiger charge is 2.15. The minimum Gasteiger partial charge on any atom is -0.366 e. The van der Waals surface area contributed by atoms with Crippen molar-refractivity contribution in [1.82, 2.24) is 9.97 Å². The van der Waals surface area contributed by atoms with Crippen molar-refractivity contribution in [3.8, 4) is 28.0 Å². The zero-order valence-electron chi connectivity index (χ0n) is 11.7. The first-order valence-corrected chi connectivity index (χ1v) is 7.33. The van der Waals surface area contributed by atoms with Gasteiger partial charge in [0.25, 0.3) is 0 Å². The van der Waals surface area contributed by atoms with E-state index in [-0.39, 0.29) is 5.56 Å². The van der Waals surface area contributed by atoms with Crippen LogP contribution in [0, 0.1) is 17.1 Å². The number of amides is 1. The Labute approximate surface area is 134 Å². The van der Waals surface area contributed by atoms with Gasteiger partial charge in [0.1, 0.15) is 27.5 Å². The number of aromatic nitrogens is 2. The predicted octanol–water partition coefficient (Wildman–Crippen LogP) is 2.98. The molecule has 0 fully saturated rings. The molecule has 23 heavy (non-hydrogen) atoms. The molecule has 0 aliphatic heterocycles. The summed E-state index contributed by atoms with van der Waals surface area (Å²) in [4.78, 5) is 19.9. The Hall–Kier alpha value is -3.11. The molecule has 0 atom stereocenters. The van der Waals surface area contributed by atoms with Gasteiger partial charge in [0, 0.05) is 11.8 Å². The van der Waals surface area contributed by atoms with Gasteiger partial charge >= 0.3 is 0 Å². The van der Waals surface area contributed by atoms with Crippen molar-refractivity contribution in [2.45, 2.75) is 0 Å². The van der Waals surface area contributed by atoms with Crippen molar-refractivity contribution in [2.75, 3.05) is 0 Å². The molecule has 0 saturated heterocycles. The smallest absolute Gasteiger partial charge is 0.250 e. The lowest BCUT2D eigenvalue weighted by molar-refractivity contribution is 0.1000. The Morgan fingerprint density at radius 2 is 2.13 bits per heavy atom. The summed E-state index contributed by atoms with van der Waals surface area (Å²) in [6.45, 7) is 0. The highest BCUT2D eigenvalue weighted by atomic mass is 32.1. The molecule has 5 nitrogen and oxygen atoms in total. The van der Waals surface area contributed by atoms with E-state index in [2.05, 4.69) is 16.0 Å². The van der Waals surface area contributed by atoms with E-state index in [0.717, 1.165) is 11.3 Å². The molecule has 0 bridgehead atoms. The largest absolute Gasteiger partial charge is 0.366 e. The first kappa shape index (κ1) is 14.8. The van der Waals surface area contributed by atoms with Crippen LogP contribution in [0.1, 0.15) is 15.2 Å². The van der Waals surface area contributed by atoms with Crippen LogP contribution in [0.15, 0.2) is 42.6 Å². The van der Waals surface area contributed by atoms with Gasteiger partial charge in [0.15, 0.2) is 0 Å². The predicted molar refractivity (Wildman–Crippen MR) is 84.0 cm³/mol. The van der Waals surface area contributed by atoms with E-state index in [0.29, 0.717) is 26.8 Å². The highest BCUT2D eigenvalue weighted by molar-refractivity contribution is 7.16. The third-order valence-corrected chi connectivity index (χ3v) is 4.08. The van der Waals surface area contributed by atoms with Gasteiger partial charge in [-0.2, -0.15) is 5.26 Å². The number of hydrogen-bond donors (Lipinski definition) is 1. The number of hydrogen-bond acceptors (Lipinski definition) is 5. The number of nitrogens with zero attached hydrogens (tertiary/aromatic N) is 3. The number of benzene rings is 1. The minimum absolute atomic E-state index is 0.288. The van der Waals surface area contributed by atoms with Crippen molar-refractivity contribution in [3.05, 3.63) is 58.9 Å². The number of halogens is 1. The second-order valence-corrected chi connectivity index (χ2v) is 5.61. The van der Waals surface area contributed by atoms with Crippen LogP contribution in [0.4, 0.5) is 4.39 Å². The molecule has 3 aromatic rings. The molecule has 2 heterocycles. The van der Waals surface area contributed by atoms with Gasteiger partial charge in [-0.1, -0.05) is 12.1 Å². The highest BCUT2D eigenvalue weighted by Crippen LogP contribution is 2.32. The van der Waals surface area contributed by atoms with Crippen LogP contribution in [0.5, 0.6) is 0 Å². The molecule has 112 valence electrons. The lowest BCUT2D eigenvalue weighted by Crippen LogP contribution is -2.10. The summed E-state index contributed by atoms with van der Waals surface area (Å²) in [5, 5.41) is 9.78. The molecular formula is C16H9FN4OS. The summed E-state index contributed by atoms with van der Waals surface area (Å²) in [6, 6.07) is 11.1. The van der Waals surface area contributed by atoms with Gasteiger partial charge in [-0.15, -0.1) is 11.3 Å². The first-order chi connectivity index (χ1) is 11.1. The molecule has 1 aromatic carbocycles. The zero-order chi connectivity index (χ0) is 16.4. The molecule has 1 amide bonds. The van der Waals surface area contributed by atoms with Gasteiger partial charge in [-0.25, -0.2) is 9.37 Å². The van der Waals surface area contributed by atoms with E-state index >= 15 is 0 Å². The molecule has 2 aromatic heterocycles. The average Bonchev–Trinajstić information content (AvgIpc) is 2.99. The number of thiazole rings is 1. The SMILES string of the molecule is N#Cc1sc(-c2ccc(C(N)=O)cn2)nc1-c1cccc(F)c1. The summed E-state index contributed by atoms with van der Waals surface area (Å²) in [6.07, 6.45) is 1.35. The normalized spacial score (nSPS) is 10.3. The van der Waals surface area contributed by atoms with Gasteiger partial charge in [0.2, 0.25) is 5.91 Å². The summed E-state index contributed by atoms with van der Waals surface area (Å²) >= 11 is 1.15. The number of carbonyl (C=O) groups excluding carboxylic acids is 1. The topological polar surface area (TPSA) is 92.7 Å². The number of primary amides is 1. The maximum atomic E-state index is 13.4. The van der Waals surface area contributed by atoms with Crippen LogP contribution in [-0.2, 0) is 0 Å². The van der Waals surface area contributed by atoms with Crippen LogP contribution < -0.4 is 5.73 Å². The number of nitriles is 1. The van der Waals surface area contributed by atoms with E-state index in [9.17, 15) is 14.4 Å². The van der Waals surface area contributed by atoms with Crippen LogP contribution in [-0.4, -0.2) is 15.9 Å². The molecule has 7 heteroatoms. The Morgan fingerprint density at radius 1 is 1.30 bits per heavy atom. The summed E-state index contributed by atoms with van der Waals surface area (Å²) in [5.41, 5.74) is 6.91. The van der Waals surface area contributed by atoms with Crippen LogP contribution in [0.25, 0.3) is 22.0 Å². The number of carbonyl (C=O) groups is 1. The van der Waals surface area contributed by atoms with Gasteiger partial charge < -0.3 is 5.73 Å². The van der Waals surface area contributed by atoms with Crippen molar-refractivity contribution in [3.63, 3.8) is 0 Å². The fraction of sp³-hybridized carbons (Fsp3) is 0. The maximum Gasteiger partial charge on any atom is 0.250 e. The zero-order valence-corrected chi connectivity index (χ0v) is 12.5.